The largest absolute Gasteiger partial charge is 0.497 e. The van der Waals surface area contributed by atoms with E-state index >= 15 is 0 Å². The van der Waals surface area contributed by atoms with Crippen molar-refractivity contribution in [2.45, 2.75) is 12.5 Å². The van der Waals surface area contributed by atoms with Gasteiger partial charge in [0.2, 0.25) is 0 Å². The zero-order chi connectivity index (χ0) is 12.1. The van der Waals surface area contributed by atoms with Crippen LogP contribution < -0.4 is 10.1 Å². The first-order chi connectivity index (χ1) is 8.33. The van der Waals surface area contributed by atoms with Gasteiger partial charge in [0.1, 0.15) is 5.75 Å². The van der Waals surface area contributed by atoms with Crippen molar-refractivity contribution in [2.75, 3.05) is 14.2 Å². The fraction of sp³-hybridized carbons (Fsp3) is 0.286. The van der Waals surface area contributed by atoms with Crippen LogP contribution in [-0.2, 0) is 6.42 Å². The second-order valence-electron chi connectivity index (χ2n) is 3.95. The van der Waals surface area contributed by atoms with Gasteiger partial charge >= 0.3 is 0 Å². The van der Waals surface area contributed by atoms with Crippen LogP contribution in [0.4, 0.5) is 0 Å². The van der Waals surface area contributed by atoms with Crippen molar-refractivity contribution in [3.63, 3.8) is 0 Å². The highest BCUT2D eigenvalue weighted by atomic mass is 32.1. The highest BCUT2D eigenvalue weighted by Crippen LogP contribution is 2.21. The van der Waals surface area contributed by atoms with E-state index in [0.29, 0.717) is 6.04 Å². The third kappa shape index (κ3) is 3.08. The molecule has 1 unspecified atom stereocenters. The molecule has 90 valence electrons. The van der Waals surface area contributed by atoms with Crippen LogP contribution in [-0.4, -0.2) is 14.2 Å². The molecule has 0 aliphatic heterocycles. The summed E-state index contributed by atoms with van der Waals surface area (Å²) in [7, 11) is 3.69. The number of benzene rings is 1. The molecule has 0 aliphatic rings. The molecule has 1 aromatic heterocycles. The molecule has 3 heteroatoms. The van der Waals surface area contributed by atoms with Gasteiger partial charge in [-0.05, 0) is 53.6 Å². The van der Waals surface area contributed by atoms with Gasteiger partial charge in [-0.25, -0.2) is 0 Å². The average molecular weight is 247 g/mol. The summed E-state index contributed by atoms with van der Waals surface area (Å²) in [6.07, 6.45) is 1.02. The highest BCUT2D eigenvalue weighted by molar-refractivity contribution is 7.07. The van der Waals surface area contributed by atoms with Crippen molar-refractivity contribution in [3.8, 4) is 5.75 Å². The van der Waals surface area contributed by atoms with Crippen molar-refractivity contribution < 1.29 is 4.74 Å². The number of ether oxygens (including phenoxy) is 1. The summed E-state index contributed by atoms with van der Waals surface area (Å²) in [6.45, 7) is 0. The SMILES string of the molecule is CNC(Cc1ccsc1)c1ccc(OC)cc1. The van der Waals surface area contributed by atoms with Crippen molar-refractivity contribution in [3.05, 3.63) is 52.2 Å². The quantitative estimate of drug-likeness (QED) is 0.875. The van der Waals surface area contributed by atoms with Gasteiger partial charge in [0, 0.05) is 6.04 Å². The van der Waals surface area contributed by atoms with Gasteiger partial charge in [0.25, 0.3) is 0 Å². The molecule has 2 rings (SSSR count). The summed E-state index contributed by atoms with van der Waals surface area (Å²) < 4.78 is 5.17. The molecule has 0 saturated carbocycles. The number of methoxy groups -OCH3 is 1. The summed E-state index contributed by atoms with van der Waals surface area (Å²) in [5.74, 6) is 0.902. The molecule has 2 aromatic rings. The number of thiophene rings is 1. The topological polar surface area (TPSA) is 21.3 Å². The Balaban J connectivity index is 2.11. The van der Waals surface area contributed by atoms with Gasteiger partial charge in [-0.3, -0.25) is 0 Å². The second-order valence-corrected chi connectivity index (χ2v) is 4.73. The van der Waals surface area contributed by atoms with Crippen molar-refractivity contribution in [1.82, 2.24) is 5.32 Å². The third-order valence-corrected chi connectivity index (χ3v) is 3.62. The average Bonchev–Trinajstić information content (AvgIpc) is 2.89. The number of rotatable bonds is 5. The van der Waals surface area contributed by atoms with Gasteiger partial charge in [-0.2, -0.15) is 11.3 Å². The Morgan fingerprint density at radius 1 is 1.24 bits per heavy atom. The first-order valence-corrected chi connectivity index (χ1v) is 6.60. The Labute approximate surface area is 106 Å². The molecule has 2 nitrogen and oxygen atoms in total. The molecule has 0 radical (unpaired) electrons. The number of hydrogen-bond acceptors (Lipinski definition) is 3. The zero-order valence-electron chi connectivity index (χ0n) is 10.1. The summed E-state index contributed by atoms with van der Waals surface area (Å²) >= 11 is 1.75. The van der Waals surface area contributed by atoms with Crippen LogP contribution in [0.25, 0.3) is 0 Å². The van der Waals surface area contributed by atoms with Gasteiger partial charge in [-0.15, -0.1) is 0 Å². The maximum Gasteiger partial charge on any atom is 0.118 e. The standard InChI is InChI=1S/C14H17NOS/c1-15-14(9-11-7-8-17-10-11)12-3-5-13(16-2)6-4-12/h3-8,10,14-15H,9H2,1-2H3. The van der Waals surface area contributed by atoms with Crippen LogP contribution >= 0.6 is 11.3 Å². The monoisotopic (exact) mass is 247 g/mol. The van der Waals surface area contributed by atoms with Crippen molar-refractivity contribution in [2.24, 2.45) is 0 Å². The Kier molecular flexibility index (Phi) is 4.18. The van der Waals surface area contributed by atoms with E-state index in [9.17, 15) is 0 Å². The molecule has 1 N–H and O–H groups in total. The molecule has 1 heterocycles. The molecule has 17 heavy (non-hydrogen) atoms. The Morgan fingerprint density at radius 3 is 2.53 bits per heavy atom. The van der Waals surface area contributed by atoms with Crippen LogP contribution in [0.2, 0.25) is 0 Å². The first kappa shape index (κ1) is 12.1. The van der Waals surface area contributed by atoms with E-state index in [4.69, 9.17) is 4.74 Å². The van der Waals surface area contributed by atoms with E-state index in [1.165, 1.54) is 11.1 Å². The zero-order valence-corrected chi connectivity index (χ0v) is 11.0. The minimum atomic E-state index is 0.357. The van der Waals surface area contributed by atoms with E-state index in [0.717, 1.165) is 12.2 Å². The minimum Gasteiger partial charge on any atom is -0.497 e. The van der Waals surface area contributed by atoms with Crippen molar-refractivity contribution >= 4 is 11.3 Å². The Hall–Kier alpha value is -1.32. The molecule has 1 aromatic carbocycles. The maximum absolute atomic E-state index is 5.17. The van der Waals surface area contributed by atoms with Crippen LogP contribution in [0, 0.1) is 0 Å². The maximum atomic E-state index is 5.17. The van der Waals surface area contributed by atoms with E-state index in [2.05, 4.69) is 34.3 Å². The van der Waals surface area contributed by atoms with E-state index < -0.39 is 0 Å². The molecule has 0 aliphatic carbocycles. The summed E-state index contributed by atoms with van der Waals surface area (Å²) in [6, 6.07) is 10.8. The fourth-order valence-electron chi connectivity index (χ4n) is 1.87. The molecule has 0 bridgehead atoms. The summed E-state index contributed by atoms with van der Waals surface area (Å²) in [5.41, 5.74) is 2.67. The lowest BCUT2D eigenvalue weighted by Crippen LogP contribution is -2.18. The predicted octanol–water partition coefficient (Wildman–Crippen LogP) is 3.26. The Bertz CT molecular complexity index is 436. The second kappa shape index (κ2) is 5.84. The van der Waals surface area contributed by atoms with E-state index in [1.807, 2.05) is 19.2 Å². The van der Waals surface area contributed by atoms with Gasteiger partial charge in [-0.1, -0.05) is 12.1 Å². The molecule has 0 fully saturated rings. The van der Waals surface area contributed by atoms with Gasteiger partial charge < -0.3 is 10.1 Å². The number of likely N-dealkylation sites (N-methyl/N-ethyl adjacent to an activating group) is 1. The van der Waals surface area contributed by atoms with Crippen LogP contribution in [0.15, 0.2) is 41.1 Å². The van der Waals surface area contributed by atoms with Gasteiger partial charge in [0.15, 0.2) is 0 Å². The van der Waals surface area contributed by atoms with Crippen LogP contribution in [0.1, 0.15) is 17.2 Å². The lowest BCUT2D eigenvalue weighted by Gasteiger charge is -2.16. The molecule has 0 spiro atoms. The smallest absolute Gasteiger partial charge is 0.118 e. The van der Waals surface area contributed by atoms with Crippen LogP contribution in [0.3, 0.4) is 0 Å². The third-order valence-electron chi connectivity index (χ3n) is 2.89. The molecule has 0 amide bonds. The molecule has 0 saturated heterocycles. The van der Waals surface area contributed by atoms with Crippen molar-refractivity contribution in [1.29, 1.82) is 0 Å². The molecular weight excluding hydrogens is 230 g/mol. The normalized spacial score (nSPS) is 12.4. The predicted molar refractivity (Wildman–Crippen MR) is 72.8 cm³/mol. The Morgan fingerprint density at radius 2 is 2.00 bits per heavy atom. The first-order valence-electron chi connectivity index (χ1n) is 5.65. The summed E-state index contributed by atoms with van der Waals surface area (Å²) in [4.78, 5) is 0. The molecule has 1 atom stereocenters. The minimum absolute atomic E-state index is 0.357. The summed E-state index contributed by atoms with van der Waals surface area (Å²) in [5, 5.41) is 7.68. The highest BCUT2D eigenvalue weighted by Gasteiger charge is 2.10. The lowest BCUT2D eigenvalue weighted by molar-refractivity contribution is 0.414. The fourth-order valence-corrected chi connectivity index (χ4v) is 2.55. The van der Waals surface area contributed by atoms with E-state index in [1.54, 1.807) is 18.4 Å². The van der Waals surface area contributed by atoms with Gasteiger partial charge in [0.05, 0.1) is 7.11 Å². The number of hydrogen-bond donors (Lipinski definition) is 1. The van der Waals surface area contributed by atoms with Crippen LogP contribution in [0.5, 0.6) is 5.75 Å². The molecular formula is C14H17NOS. The number of nitrogens with one attached hydrogen (secondary N) is 1. The lowest BCUT2D eigenvalue weighted by atomic mass is 10.0. The van der Waals surface area contributed by atoms with E-state index in [-0.39, 0.29) is 0 Å².